The summed E-state index contributed by atoms with van der Waals surface area (Å²) >= 11 is 0. The highest BCUT2D eigenvalue weighted by molar-refractivity contribution is 5.40. The second-order valence-electron chi connectivity index (χ2n) is 3.60. The average Bonchev–Trinajstić information content (AvgIpc) is 2.07. The Bertz CT molecular complexity index is 317. The van der Waals surface area contributed by atoms with Gasteiger partial charge in [-0.3, -0.25) is 0 Å². The van der Waals surface area contributed by atoms with Gasteiger partial charge >= 0.3 is 0 Å². The van der Waals surface area contributed by atoms with E-state index in [1.165, 1.54) is 11.1 Å². The maximum Gasteiger partial charge on any atom is 0.0646 e. The van der Waals surface area contributed by atoms with Crippen molar-refractivity contribution >= 4 is 0 Å². The van der Waals surface area contributed by atoms with Crippen LogP contribution in [0, 0.1) is 0 Å². The van der Waals surface area contributed by atoms with E-state index >= 15 is 0 Å². The zero-order valence-corrected chi connectivity index (χ0v) is 7.61. The molecule has 0 saturated carbocycles. The van der Waals surface area contributed by atoms with E-state index in [1.807, 2.05) is 6.07 Å². The predicted molar refractivity (Wildman–Crippen MR) is 53.7 cm³/mol. The number of rotatable bonds is 3. The third-order valence-corrected chi connectivity index (χ3v) is 2.77. The summed E-state index contributed by atoms with van der Waals surface area (Å²) in [5.41, 5.74) is 2.70. The molecule has 1 aromatic rings. The van der Waals surface area contributed by atoms with E-state index in [0.29, 0.717) is 12.3 Å². The number of benzene rings is 1. The fraction of sp³-hybridized carbons (Fsp3) is 0.333. The van der Waals surface area contributed by atoms with Crippen LogP contribution < -0.4 is 0 Å². The molecule has 68 valence electrons. The number of hydrogen-bond donors (Lipinski definition) is 1. The van der Waals surface area contributed by atoms with Crippen LogP contribution in [0.25, 0.3) is 0 Å². The third-order valence-electron chi connectivity index (χ3n) is 2.77. The molecule has 0 radical (unpaired) electrons. The summed E-state index contributed by atoms with van der Waals surface area (Å²) in [5.74, 6) is 0.342. The summed E-state index contributed by atoms with van der Waals surface area (Å²) in [5, 5.41) is 9.74. The molecule has 1 aliphatic rings. The Kier molecular flexibility index (Phi) is 2.19. The molecule has 0 amide bonds. The number of aliphatic hydroxyl groups excluding tert-OH is 1. The molecular formula is C12H14O. The monoisotopic (exact) mass is 174 g/mol. The quantitative estimate of drug-likeness (QED) is 0.697. The minimum atomic E-state index is -0.243. The van der Waals surface area contributed by atoms with Crippen molar-refractivity contribution in [2.45, 2.75) is 24.9 Å². The zero-order valence-electron chi connectivity index (χ0n) is 7.61. The van der Waals surface area contributed by atoms with Gasteiger partial charge in [0.15, 0.2) is 0 Å². The molecule has 0 bridgehead atoms. The molecule has 2 atom stereocenters. The van der Waals surface area contributed by atoms with Gasteiger partial charge in [-0.05, 0) is 24.0 Å². The van der Waals surface area contributed by atoms with Gasteiger partial charge in [-0.25, -0.2) is 0 Å². The van der Waals surface area contributed by atoms with E-state index < -0.39 is 0 Å². The maximum atomic E-state index is 9.74. The molecule has 13 heavy (non-hydrogen) atoms. The molecule has 1 aliphatic carbocycles. The van der Waals surface area contributed by atoms with E-state index in [2.05, 4.69) is 24.8 Å². The predicted octanol–water partition coefficient (Wildman–Crippen LogP) is 2.26. The molecule has 0 aromatic heterocycles. The van der Waals surface area contributed by atoms with E-state index in [-0.39, 0.29) is 6.10 Å². The fourth-order valence-electron chi connectivity index (χ4n) is 1.98. The summed E-state index contributed by atoms with van der Waals surface area (Å²) < 4.78 is 0. The summed E-state index contributed by atoms with van der Waals surface area (Å²) in [6.45, 7) is 3.64. The van der Waals surface area contributed by atoms with Crippen molar-refractivity contribution in [2.75, 3.05) is 0 Å². The van der Waals surface area contributed by atoms with E-state index in [0.717, 1.165) is 6.42 Å². The van der Waals surface area contributed by atoms with Crippen molar-refractivity contribution in [3.63, 3.8) is 0 Å². The minimum Gasteiger partial charge on any atom is -0.392 e. The van der Waals surface area contributed by atoms with Crippen LogP contribution in [-0.4, -0.2) is 11.2 Å². The molecule has 1 nitrogen and oxygen atoms in total. The van der Waals surface area contributed by atoms with E-state index in [1.54, 1.807) is 6.08 Å². The smallest absolute Gasteiger partial charge is 0.0646 e. The molecule has 1 heteroatoms. The SMILES string of the molecule is C=CCC(O)C1Cc2ccccc21. The highest BCUT2D eigenvalue weighted by Gasteiger charge is 2.30. The largest absolute Gasteiger partial charge is 0.392 e. The summed E-state index contributed by atoms with van der Waals surface area (Å²) in [6.07, 6.45) is 3.25. The standard InChI is InChI=1S/C12H14O/c1-2-5-12(13)11-8-9-6-3-4-7-10(9)11/h2-4,6-7,11-13H,1,5,8H2. The lowest BCUT2D eigenvalue weighted by Crippen LogP contribution is -2.28. The summed E-state index contributed by atoms with van der Waals surface area (Å²) in [4.78, 5) is 0. The topological polar surface area (TPSA) is 20.2 Å². The molecule has 2 unspecified atom stereocenters. The molecule has 0 heterocycles. The Morgan fingerprint density at radius 3 is 3.00 bits per heavy atom. The lowest BCUT2D eigenvalue weighted by Gasteiger charge is -2.33. The molecule has 0 spiro atoms. The van der Waals surface area contributed by atoms with Gasteiger partial charge in [0.05, 0.1) is 6.10 Å². The lowest BCUT2D eigenvalue weighted by atomic mass is 9.74. The van der Waals surface area contributed by atoms with Crippen molar-refractivity contribution in [3.05, 3.63) is 48.0 Å². The van der Waals surface area contributed by atoms with Crippen molar-refractivity contribution in [1.29, 1.82) is 0 Å². The van der Waals surface area contributed by atoms with Gasteiger partial charge < -0.3 is 5.11 Å². The van der Waals surface area contributed by atoms with Crippen molar-refractivity contribution in [1.82, 2.24) is 0 Å². The number of aliphatic hydroxyl groups is 1. The first-order valence-corrected chi connectivity index (χ1v) is 4.69. The molecule has 0 saturated heterocycles. The molecule has 1 N–H and O–H groups in total. The zero-order chi connectivity index (χ0) is 9.26. The Labute approximate surface area is 78.7 Å². The van der Waals surface area contributed by atoms with Crippen LogP contribution in [-0.2, 0) is 6.42 Å². The number of fused-ring (bicyclic) bond motifs is 1. The minimum absolute atomic E-state index is 0.243. The fourth-order valence-corrected chi connectivity index (χ4v) is 1.98. The Hall–Kier alpha value is -1.08. The normalized spacial score (nSPS) is 21.5. The van der Waals surface area contributed by atoms with E-state index in [4.69, 9.17) is 0 Å². The molecule has 0 fully saturated rings. The Balaban J connectivity index is 2.12. The third kappa shape index (κ3) is 1.40. The van der Waals surface area contributed by atoms with Gasteiger partial charge in [-0.2, -0.15) is 0 Å². The lowest BCUT2D eigenvalue weighted by molar-refractivity contribution is 0.136. The molecule has 2 rings (SSSR count). The van der Waals surface area contributed by atoms with Crippen molar-refractivity contribution in [2.24, 2.45) is 0 Å². The maximum absolute atomic E-state index is 9.74. The van der Waals surface area contributed by atoms with Gasteiger partial charge in [0, 0.05) is 5.92 Å². The van der Waals surface area contributed by atoms with Gasteiger partial charge in [-0.15, -0.1) is 6.58 Å². The number of hydrogen-bond acceptors (Lipinski definition) is 1. The summed E-state index contributed by atoms with van der Waals surface area (Å²) in [7, 11) is 0. The van der Waals surface area contributed by atoms with Crippen LogP contribution in [0.4, 0.5) is 0 Å². The Morgan fingerprint density at radius 1 is 1.54 bits per heavy atom. The van der Waals surface area contributed by atoms with Crippen LogP contribution >= 0.6 is 0 Å². The first kappa shape index (κ1) is 8.52. The molecular weight excluding hydrogens is 160 g/mol. The van der Waals surface area contributed by atoms with Gasteiger partial charge in [0.2, 0.25) is 0 Å². The van der Waals surface area contributed by atoms with Crippen molar-refractivity contribution in [3.8, 4) is 0 Å². The van der Waals surface area contributed by atoms with Gasteiger partial charge in [0.1, 0.15) is 0 Å². The first-order chi connectivity index (χ1) is 6.33. The van der Waals surface area contributed by atoms with Crippen LogP contribution in [0.3, 0.4) is 0 Å². The van der Waals surface area contributed by atoms with E-state index in [9.17, 15) is 5.11 Å². The molecule has 1 aromatic carbocycles. The Morgan fingerprint density at radius 2 is 2.31 bits per heavy atom. The van der Waals surface area contributed by atoms with Crippen LogP contribution in [0.5, 0.6) is 0 Å². The second-order valence-corrected chi connectivity index (χ2v) is 3.60. The first-order valence-electron chi connectivity index (χ1n) is 4.69. The van der Waals surface area contributed by atoms with Gasteiger partial charge in [-0.1, -0.05) is 30.3 Å². The highest BCUT2D eigenvalue weighted by Crippen LogP contribution is 2.38. The van der Waals surface area contributed by atoms with Gasteiger partial charge in [0.25, 0.3) is 0 Å². The van der Waals surface area contributed by atoms with Crippen molar-refractivity contribution < 1.29 is 5.11 Å². The average molecular weight is 174 g/mol. The summed E-state index contributed by atoms with van der Waals surface area (Å²) in [6, 6.07) is 8.32. The second kappa shape index (κ2) is 3.35. The van der Waals surface area contributed by atoms with Crippen LogP contribution in [0.15, 0.2) is 36.9 Å². The molecule has 0 aliphatic heterocycles. The highest BCUT2D eigenvalue weighted by atomic mass is 16.3. The van der Waals surface area contributed by atoms with Crippen LogP contribution in [0.1, 0.15) is 23.5 Å². The van der Waals surface area contributed by atoms with Crippen LogP contribution in [0.2, 0.25) is 0 Å².